The number of aryl methyl sites for hydroxylation is 1. The zero-order valence-electron chi connectivity index (χ0n) is 22.3. The Hall–Kier alpha value is -5.06. The van der Waals surface area contributed by atoms with Crippen molar-refractivity contribution >= 4 is 51.6 Å². The number of hydrogen-bond donors (Lipinski definition) is 2. The fourth-order valence-electron chi connectivity index (χ4n) is 3.88. The van der Waals surface area contributed by atoms with E-state index in [0.29, 0.717) is 27.5 Å². The van der Waals surface area contributed by atoms with Crippen molar-refractivity contribution in [1.29, 1.82) is 0 Å². The summed E-state index contributed by atoms with van der Waals surface area (Å²) in [6.45, 7) is 2.17. The number of thiazole rings is 1. The zero-order chi connectivity index (χ0) is 29.5. The molecule has 0 atom stereocenters. The molecule has 5 aromatic rings. The number of anilines is 2. The zero-order valence-corrected chi connectivity index (χ0v) is 23.9. The number of amides is 1. The monoisotopic (exact) mass is 597 g/mol. The van der Waals surface area contributed by atoms with E-state index in [0.717, 1.165) is 22.1 Å². The lowest BCUT2D eigenvalue weighted by Crippen LogP contribution is -2.17. The van der Waals surface area contributed by atoms with Crippen molar-refractivity contribution in [1.82, 2.24) is 10.4 Å². The number of hydrogen-bond acceptors (Lipinski definition) is 8. The number of ether oxygens (including phenoxy) is 1. The first kappa shape index (κ1) is 28.5. The molecule has 9 nitrogen and oxygen atoms in total. The molecule has 5 rings (SSSR count). The van der Waals surface area contributed by atoms with Crippen molar-refractivity contribution in [2.75, 3.05) is 5.32 Å². The summed E-state index contributed by atoms with van der Waals surface area (Å²) in [4.78, 5) is 27.7. The van der Waals surface area contributed by atoms with Crippen molar-refractivity contribution in [3.05, 3.63) is 134 Å². The van der Waals surface area contributed by atoms with Crippen LogP contribution in [0, 0.1) is 17.0 Å². The summed E-state index contributed by atoms with van der Waals surface area (Å²) in [5.41, 5.74) is 8.13. The molecule has 0 aliphatic heterocycles. The third kappa shape index (κ3) is 7.36. The van der Waals surface area contributed by atoms with Crippen LogP contribution in [0.3, 0.4) is 0 Å². The molecular formula is C31H24ClN5O4S. The summed E-state index contributed by atoms with van der Waals surface area (Å²) in [6.07, 6.45) is 1.47. The second-order valence-electron chi connectivity index (χ2n) is 9.21. The van der Waals surface area contributed by atoms with Crippen LogP contribution in [0.25, 0.3) is 11.3 Å². The average molecular weight is 598 g/mol. The van der Waals surface area contributed by atoms with Gasteiger partial charge in [-0.2, -0.15) is 5.10 Å². The van der Waals surface area contributed by atoms with E-state index in [-0.39, 0.29) is 18.2 Å². The largest absolute Gasteiger partial charge is 0.487 e. The molecule has 11 heteroatoms. The number of carbonyl (C=O) groups is 1. The number of rotatable bonds is 10. The predicted molar refractivity (Wildman–Crippen MR) is 166 cm³/mol. The van der Waals surface area contributed by atoms with Gasteiger partial charge < -0.3 is 10.1 Å². The number of nitrogens with one attached hydrogen (secondary N) is 2. The molecule has 1 amide bonds. The molecule has 0 saturated carbocycles. The van der Waals surface area contributed by atoms with Crippen molar-refractivity contribution in [3.8, 4) is 17.0 Å². The van der Waals surface area contributed by atoms with Gasteiger partial charge in [-0.15, -0.1) is 11.3 Å². The van der Waals surface area contributed by atoms with Crippen molar-refractivity contribution in [3.63, 3.8) is 0 Å². The summed E-state index contributed by atoms with van der Waals surface area (Å²) >= 11 is 7.84. The van der Waals surface area contributed by atoms with Crippen molar-refractivity contribution in [2.24, 2.45) is 5.10 Å². The highest BCUT2D eigenvalue weighted by Gasteiger charge is 2.10. The molecule has 0 aliphatic rings. The van der Waals surface area contributed by atoms with Gasteiger partial charge in [0.1, 0.15) is 12.4 Å². The van der Waals surface area contributed by atoms with Gasteiger partial charge in [-0.25, -0.2) is 10.4 Å². The van der Waals surface area contributed by atoms with Gasteiger partial charge in [0.2, 0.25) is 0 Å². The molecule has 0 saturated heterocycles. The smallest absolute Gasteiger partial charge is 0.271 e. The second-order valence-corrected chi connectivity index (χ2v) is 10.5. The molecule has 2 N–H and O–H groups in total. The molecule has 0 radical (unpaired) electrons. The normalized spacial score (nSPS) is 10.9. The molecule has 4 aromatic carbocycles. The van der Waals surface area contributed by atoms with Crippen LogP contribution in [0.1, 0.15) is 27.0 Å². The molecule has 210 valence electrons. The van der Waals surface area contributed by atoms with E-state index in [1.165, 1.54) is 35.2 Å². The Labute approximate surface area is 250 Å². The van der Waals surface area contributed by atoms with Gasteiger partial charge >= 0.3 is 0 Å². The number of halogens is 1. The Bertz CT molecular complexity index is 1750. The Morgan fingerprint density at radius 1 is 1.07 bits per heavy atom. The number of nitro benzene ring substituents is 1. The Kier molecular flexibility index (Phi) is 8.86. The number of nitro groups is 1. The second kappa shape index (κ2) is 13.1. The van der Waals surface area contributed by atoms with E-state index in [1.807, 2.05) is 48.7 Å². The number of nitrogens with zero attached hydrogens (tertiary/aromatic N) is 3. The summed E-state index contributed by atoms with van der Waals surface area (Å²) in [5, 5.41) is 21.4. The molecule has 1 heterocycles. The fourth-order valence-corrected chi connectivity index (χ4v) is 4.87. The third-order valence-electron chi connectivity index (χ3n) is 6.10. The summed E-state index contributed by atoms with van der Waals surface area (Å²) < 4.78 is 5.71. The minimum atomic E-state index is -0.456. The lowest BCUT2D eigenvalue weighted by molar-refractivity contribution is -0.384. The minimum absolute atomic E-state index is 0.00747. The first-order valence-electron chi connectivity index (χ1n) is 12.7. The fraction of sp³-hybridized carbons (Fsp3) is 0.0645. The van der Waals surface area contributed by atoms with E-state index in [2.05, 4.69) is 20.8 Å². The predicted octanol–water partition coefficient (Wildman–Crippen LogP) is 7.77. The van der Waals surface area contributed by atoms with E-state index < -0.39 is 4.92 Å². The lowest BCUT2D eigenvalue weighted by atomic mass is 10.1. The molecule has 0 fully saturated rings. The number of carbonyl (C=O) groups excluding carboxylic acids is 1. The first-order valence-corrected chi connectivity index (χ1v) is 14.0. The summed E-state index contributed by atoms with van der Waals surface area (Å²) in [7, 11) is 0. The molecule has 0 aliphatic carbocycles. The van der Waals surface area contributed by atoms with Crippen LogP contribution >= 0.6 is 22.9 Å². The Balaban J connectivity index is 1.14. The minimum Gasteiger partial charge on any atom is -0.487 e. The average Bonchev–Trinajstić information content (AvgIpc) is 3.46. The highest BCUT2D eigenvalue weighted by Crippen LogP contribution is 2.28. The maximum absolute atomic E-state index is 12.6. The van der Waals surface area contributed by atoms with Gasteiger partial charge in [0.15, 0.2) is 5.13 Å². The highest BCUT2D eigenvalue weighted by molar-refractivity contribution is 7.14. The topological polar surface area (TPSA) is 119 Å². The molecular weight excluding hydrogens is 574 g/mol. The quantitative estimate of drug-likeness (QED) is 0.0964. The SMILES string of the molecule is Cc1ccc(Nc2nc(-c3ccc(C(=O)N/N=C\c4ccc(OCc5cccc([N+](=O)[O-])c5)c(Cl)c4)cc3)cs2)cc1. The van der Waals surface area contributed by atoms with Crippen LogP contribution in [-0.4, -0.2) is 22.0 Å². The Morgan fingerprint density at radius 2 is 1.86 bits per heavy atom. The van der Waals surface area contributed by atoms with Crippen LogP contribution in [-0.2, 0) is 6.61 Å². The number of hydrazone groups is 1. The van der Waals surface area contributed by atoms with Crippen LogP contribution in [0.4, 0.5) is 16.5 Å². The molecule has 0 bridgehead atoms. The third-order valence-corrected chi connectivity index (χ3v) is 7.15. The molecule has 0 unspecified atom stereocenters. The van der Waals surface area contributed by atoms with Gasteiger partial charge in [-0.3, -0.25) is 14.9 Å². The van der Waals surface area contributed by atoms with E-state index >= 15 is 0 Å². The van der Waals surface area contributed by atoms with Crippen molar-refractivity contribution in [2.45, 2.75) is 13.5 Å². The van der Waals surface area contributed by atoms with E-state index in [1.54, 1.807) is 42.5 Å². The Morgan fingerprint density at radius 3 is 2.60 bits per heavy atom. The molecule has 42 heavy (non-hydrogen) atoms. The lowest BCUT2D eigenvalue weighted by Gasteiger charge is -2.08. The standard InChI is InChI=1S/C31H24ClN5O4S/c1-20-5-12-25(13-6-20)34-31-35-28(19-42-31)23-8-10-24(11-9-23)30(38)36-33-17-21-7-14-29(27(32)16-21)41-18-22-3-2-4-26(15-22)37(39)40/h2-17,19H,18H2,1H3,(H,34,35)(H,36,38)/b33-17-. The van der Waals surface area contributed by atoms with Crippen LogP contribution in [0.5, 0.6) is 5.75 Å². The summed E-state index contributed by atoms with van der Waals surface area (Å²) in [6, 6.07) is 26.5. The number of non-ortho nitro benzene ring substituents is 1. The van der Waals surface area contributed by atoms with Crippen molar-refractivity contribution < 1.29 is 14.5 Å². The first-order chi connectivity index (χ1) is 20.3. The van der Waals surface area contributed by atoms with Gasteiger partial charge in [-0.05, 0) is 60.5 Å². The van der Waals surface area contributed by atoms with Crippen LogP contribution < -0.4 is 15.5 Å². The summed E-state index contributed by atoms with van der Waals surface area (Å²) in [5.74, 6) is 0.0587. The van der Waals surface area contributed by atoms with Gasteiger partial charge in [0.05, 0.1) is 21.9 Å². The molecule has 0 spiro atoms. The highest BCUT2D eigenvalue weighted by atomic mass is 35.5. The van der Waals surface area contributed by atoms with Crippen LogP contribution in [0.2, 0.25) is 5.02 Å². The maximum atomic E-state index is 12.6. The van der Waals surface area contributed by atoms with Gasteiger partial charge in [-0.1, -0.05) is 53.6 Å². The molecule has 1 aromatic heterocycles. The van der Waals surface area contributed by atoms with E-state index in [4.69, 9.17) is 16.3 Å². The van der Waals surface area contributed by atoms with Gasteiger partial charge in [0, 0.05) is 34.3 Å². The van der Waals surface area contributed by atoms with E-state index in [9.17, 15) is 14.9 Å². The number of aromatic nitrogens is 1. The number of benzene rings is 4. The maximum Gasteiger partial charge on any atom is 0.271 e. The van der Waals surface area contributed by atoms with Gasteiger partial charge in [0.25, 0.3) is 11.6 Å². The van der Waals surface area contributed by atoms with Crippen LogP contribution in [0.15, 0.2) is 101 Å².